The van der Waals surface area contributed by atoms with E-state index in [1.165, 1.54) is 28.6 Å². The first-order chi connectivity index (χ1) is 6.66. The molecule has 1 N–H and O–H groups in total. The summed E-state index contributed by atoms with van der Waals surface area (Å²) < 4.78 is 1.18. The van der Waals surface area contributed by atoms with E-state index in [2.05, 4.69) is 53.3 Å². The topological polar surface area (TPSA) is 12.0 Å². The van der Waals surface area contributed by atoms with Crippen LogP contribution in [0.15, 0.2) is 22.7 Å². The molecular weight excluding hydrogens is 238 g/mol. The lowest BCUT2D eigenvalue weighted by Crippen LogP contribution is -2.17. The monoisotopic (exact) mass is 253 g/mol. The van der Waals surface area contributed by atoms with Gasteiger partial charge in [0.1, 0.15) is 0 Å². The van der Waals surface area contributed by atoms with Gasteiger partial charge in [0.2, 0.25) is 0 Å². The quantitative estimate of drug-likeness (QED) is 0.860. The van der Waals surface area contributed by atoms with Gasteiger partial charge in [-0.15, -0.1) is 0 Å². The van der Waals surface area contributed by atoms with Crippen LogP contribution >= 0.6 is 15.9 Å². The second kappa shape index (κ2) is 3.93. The molecule has 0 amide bonds. The Bertz CT molecular complexity index is 331. The van der Waals surface area contributed by atoms with Gasteiger partial charge in [-0.05, 0) is 56.4 Å². The summed E-state index contributed by atoms with van der Waals surface area (Å²) in [6.07, 6.45) is 2.79. The van der Waals surface area contributed by atoms with Crippen molar-refractivity contribution in [2.45, 2.75) is 32.7 Å². The summed E-state index contributed by atoms with van der Waals surface area (Å²) in [7, 11) is 0. The predicted octanol–water partition coefficient (Wildman–Crippen LogP) is 3.97. The van der Waals surface area contributed by atoms with E-state index in [1.54, 1.807) is 0 Å². The second-order valence-corrected chi connectivity index (χ2v) is 5.09. The van der Waals surface area contributed by atoms with Crippen molar-refractivity contribution in [2.24, 2.45) is 5.92 Å². The van der Waals surface area contributed by atoms with Crippen molar-refractivity contribution >= 4 is 21.6 Å². The summed E-state index contributed by atoms with van der Waals surface area (Å²) in [4.78, 5) is 0. The van der Waals surface area contributed by atoms with Crippen LogP contribution in [0.2, 0.25) is 0 Å². The molecule has 1 unspecified atom stereocenters. The Morgan fingerprint density at radius 3 is 2.71 bits per heavy atom. The van der Waals surface area contributed by atoms with Crippen LogP contribution in [0.4, 0.5) is 5.69 Å². The van der Waals surface area contributed by atoms with Gasteiger partial charge in [0.15, 0.2) is 0 Å². The van der Waals surface area contributed by atoms with Crippen LogP contribution < -0.4 is 5.32 Å². The zero-order valence-electron chi connectivity index (χ0n) is 8.68. The highest BCUT2D eigenvalue weighted by molar-refractivity contribution is 9.10. The molecule has 2 heteroatoms. The van der Waals surface area contributed by atoms with Gasteiger partial charge in [0, 0.05) is 16.2 Å². The van der Waals surface area contributed by atoms with Crippen LogP contribution in [0.1, 0.15) is 25.3 Å². The zero-order valence-corrected chi connectivity index (χ0v) is 10.3. The summed E-state index contributed by atoms with van der Waals surface area (Å²) in [5.41, 5.74) is 2.53. The Morgan fingerprint density at radius 2 is 2.14 bits per heavy atom. The molecule has 2 rings (SSSR count). The summed E-state index contributed by atoms with van der Waals surface area (Å²) in [6.45, 7) is 4.39. The average molecular weight is 254 g/mol. The Hall–Kier alpha value is -0.500. The van der Waals surface area contributed by atoms with E-state index in [0.29, 0.717) is 6.04 Å². The minimum atomic E-state index is 0.621. The van der Waals surface area contributed by atoms with E-state index in [0.717, 1.165) is 5.92 Å². The van der Waals surface area contributed by atoms with Crippen molar-refractivity contribution in [1.29, 1.82) is 0 Å². The molecule has 76 valence electrons. The Balaban J connectivity index is 2.04. The third kappa shape index (κ3) is 2.30. The lowest BCUT2D eigenvalue weighted by Gasteiger charge is -2.15. The smallest absolute Gasteiger partial charge is 0.0345 e. The number of hydrogen-bond donors (Lipinski definition) is 1. The molecule has 1 aliphatic rings. The largest absolute Gasteiger partial charge is 0.382 e. The zero-order chi connectivity index (χ0) is 10.1. The standard InChI is InChI=1S/C12H16BrN/c1-8-7-11(5-6-12(8)13)14-9(2)10-3-4-10/h5-7,9-10,14H,3-4H2,1-2H3. The molecule has 1 aromatic carbocycles. The van der Waals surface area contributed by atoms with Crippen molar-refractivity contribution in [3.05, 3.63) is 28.2 Å². The van der Waals surface area contributed by atoms with E-state index in [4.69, 9.17) is 0 Å². The minimum Gasteiger partial charge on any atom is -0.382 e. The van der Waals surface area contributed by atoms with Crippen LogP contribution in [0, 0.1) is 12.8 Å². The molecule has 1 atom stereocenters. The molecule has 0 aromatic heterocycles. The molecule has 1 nitrogen and oxygen atoms in total. The lowest BCUT2D eigenvalue weighted by atomic mass is 10.1. The van der Waals surface area contributed by atoms with Gasteiger partial charge in [-0.1, -0.05) is 15.9 Å². The van der Waals surface area contributed by atoms with Crippen molar-refractivity contribution in [3.8, 4) is 0 Å². The van der Waals surface area contributed by atoms with E-state index in [9.17, 15) is 0 Å². The molecule has 0 spiro atoms. The molecule has 0 heterocycles. The highest BCUT2D eigenvalue weighted by Gasteiger charge is 2.27. The molecule has 1 aliphatic carbocycles. The van der Waals surface area contributed by atoms with Crippen molar-refractivity contribution in [1.82, 2.24) is 0 Å². The predicted molar refractivity (Wildman–Crippen MR) is 64.7 cm³/mol. The molecule has 0 aliphatic heterocycles. The summed E-state index contributed by atoms with van der Waals surface area (Å²) in [5.74, 6) is 0.902. The Labute approximate surface area is 94.0 Å². The Kier molecular flexibility index (Phi) is 2.82. The normalized spacial score (nSPS) is 17.9. The fraction of sp³-hybridized carbons (Fsp3) is 0.500. The fourth-order valence-corrected chi connectivity index (χ4v) is 1.96. The summed E-state index contributed by atoms with van der Waals surface area (Å²) >= 11 is 3.51. The lowest BCUT2D eigenvalue weighted by molar-refractivity contribution is 0.694. The van der Waals surface area contributed by atoms with Crippen LogP contribution in [0.5, 0.6) is 0 Å². The number of benzene rings is 1. The maximum absolute atomic E-state index is 3.55. The number of aryl methyl sites for hydroxylation is 1. The highest BCUT2D eigenvalue weighted by atomic mass is 79.9. The number of hydrogen-bond acceptors (Lipinski definition) is 1. The van der Waals surface area contributed by atoms with Gasteiger partial charge in [-0.25, -0.2) is 0 Å². The van der Waals surface area contributed by atoms with Gasteiger partial charge in [0.25, 0.3) is 0 Å². The third-order valence-electron chi connectivity index (χ3n) is 2.88. The fourth-order valence-electron chi connectivity index (χ4n) is 1.71. The van der Waals surface area contributed by atoms with Gasteiger partial charge >= 0.3 is 0 Å². The van der Waals surface area contributed by atoms with Crippen LogP contribution in [-0.4, -0.2) is 6.04 Å². The second-order valence-electron chi connectivity index (χ2n) is 4.23. The van der Waals surface area contributed by atoms with Gasteiger partial charge in [0.05, 0.1) is 0 Å². The number of rotatable bonds is 3. The average Bonchev–Trinajstić information content (AvgIpc) is 2.94. The van der Waals surface area contributed by atoms with Gasteiger partial charge in [-0.2, -0.15) is 0 Å². The van der Waals surface area contributed by atoms with E-state index >= 15 is 0 Å². The molecule has 0 radical (unpaired) electrons. The number of anilines is 1. The number of halogens is 1. The van der Waals surface area contributed by atoms with Crippen molar-refractivity contribution < 1.29 is 0 Å². The maximum atomic E-state index is 3.55. The SMILES string of the molecule is Cc1cc(NC(C)C2CC2)ccc1Br. The van der Waals surface area contributed by atoms with Gasteiger partial charge in [-0.3, -0.25) is 0 Å². The third-order valence-corrected chi connectivity index (χ3v) is 3.77. The van der Waals surface area contributed by atoms with E-state index in [1.807, 2.05) is 0 Å². The molecular formula is C12H16BrN. The van der Waals surface area contributed by atoms with Gasteiger partial charge < -0.3 is 5.32 Å². The molecule has 1 saturated carbocycles. The van der Waals surface area contributed by atoms with Crippen molar-refractivity contribution in [3.63, 3.8) is 0 Å². The first kappa shape index (κ1) is 10.0. The molecule has 1 aromatic rings. The van der Waals surface area contributed by atoms with Crippen molar-refractivity contribution in [2.75, 3.05) is 5.32 Å². The van der Waals surface area contributed by atoms with E-state index in [-0.39, 0.29) is 0 Å². The molecule has 0 bridgehead atoms. The highest BCUT2D eigenvalue weighted by Crippen LogP contribution is 2.34. The Morgan fingerprint density at radius 1 is 1.43 bits per heavy atom. The summed E-state index contributed by atoms with van der Waals surface area (Å²) in [5, 5.41) is 3.55. The maximum Gasteiger partial charge on any atom is 0.0345 e. The molecule has 14 heavy (non-hydrogen) atoms. The minimum absolute atomic E-state index is 0.621. The first-order valence-corrected chi connectivity index (χ1v) is 5.99. The first-order valence-electron chi connectivity index (χ1n) is 5.19. The number of nitrogens with one attached hydrogen (secondary N) is 1. The van der Waals surface area contributed by atoms with Crippen LogP contribution in [0.3, 0.4) is 0 Å². The van der Waals surface area contributed by atoms with Crippen LogP contribution in [0.25, 0.3) is 0 Å². The molecule has 0 saturated heterocycles. The summed E-state index contributed by atoms with van der Waals surface area (Å²) in [6, 6.07) is 7.06. The van der Waals surface area contributed by atoms with Crippen LogP contribution in [-0.2, 0) is 0 Å². The van der Waals surface area contributed by atoms with E-state index < -0.39 is 0 Å². The molecule has 1 fully saturated rings.